The lowest BCUT2D eigenvalue weighted by Gasteiger charge is -2.19. The quantitative estimate of drug-likeness (QED) is 0.768. The van der Waals surface area contributed by atoms with Gasteiger partial charge in [0, 0.05) is 0 Å². The first-order valence-corrected chi connectivity index (χ1v) is 4.94. The number of aromatic nitrogens is 1. The molecule has 88 valence electrons. The van der Waals surface area contributed by atoms with Crippen molar-refractivity contribution >= 4 is 11.9 Å². The second-order valence-corrected chi connectivity index (χ2v) is 4.43. The first-order valence-electron chi connectivity index (χ1n) is 4.94. The Kier molecular flexibility index (Phi) is 3.37. The highest BCUT2D eigenvalue weighted by atomic mass is 16.6. The number of carbonyl (C=O) groups is 1. The van der Waals surface area contributed by atoms with Crippen LogP contribution in [-0.2, 0) is 4.74 Å². The molecular formula is C11H16N2O3. The molecule has 1 aromatic rings. The summed E-state index contributed by atoms with van der Waals surface area (Å²) in [5.41, 5.74) is -0.0932. The highest BCUT2D eigenvalue weighted by molar-refractivity contribution is 5.83. The summed E-state index contributed by atoms with van der Waals surface area (Å²) < 4.78 is 5.06. The summed E-state index contributed by atoms with van der Waals surface area (Å²) in [6.45, 7) is 6.99. The number of rotatable bonds is 1. The highest BCUT2D eigenvalue weighted by Crippen LogP contribution is 2.16. The highest BCUT2D eigenvalue weighted by Gasteiger charge is 2.16. The van der Waals surface area contributed by atoms with Crippen molar-refractivity contribution < 1.29 is 14.6 Å². The topological polar surface area (TPSA) is 71.5 Å². The van der Waals surface area contributed by atoms with Gasteiger partial charge >= 0.3 is 6.09 Å². The average molecular weight is 224 g/mol. The molecule has 2 N–H and O–H groups in total. The number of hydrogen-bond acceptors (Lipinski definition) is 4. The molecule has 1 heterocycles. The molecule has 0 spiro atoms. The van der Waals surface area contributed by atoms with Crippen LogP contribution in [0.4, 0.5) is 10.6 Å². The summed E-state index contributed by atoms with van der Waals surface area (Å²) in [4.78, 5) is 15.4. The molecule has 1 aromatic heterocycles. The number of nitrogens with zero attached hydrogens (tertiary/aromatic N) is 1. The lowest BCUT2D eigenvalue weighted by molar-refractivity contribution is 0.0635. The van der Waals surface area contributed by atoms with Gasteiger partial charge in [-0.3, -0.25) is 5.32 Å². The smallest absolute Gasteiger partial charge is 0.413 e. The van der Waals surface area contributed by atoms with Crippen LogP contribution < -0.4 is 5.32 Å². The predicted molar refractivity (Wildman–Crippen MR) is 60.5 cm³/mol. The van der Waals surface area contributed by atoms with E-state index in [1.807, 2.05) is 0 Å². The second kappa shape index (κ2) is 4.38. The zero-order chi connectivity index (χ0) is 12.3. The number of anilines is 1. The van der Waals surface area contributed by atoms with Gasteiger partial charge in [0.05, 0.1) is 5.69 Å². The molecule has 0 fully saturated rings. The Labute approximate surface area is 94.5 Å². The van der Waals surface area contributed by atoms with Crippen molar-refractivity contribution in [1.82, 2.24) is 4.98 Å². The zero-order valence-electron chi connectivity index (χ0n) is 9.87. The number of ether oxygens (including phenoxy) is 1. The van der Waals surface area contributed by atoms with E-state index in [1.54, 1.807) is 27.7 Å². The summed E-state index contributed by atoms with van der Waals surface area (Å²) >= 11 is 0. The number of nitrogens with one attached hydrogen (secondary N) is 1. The minimum atomic E-state index is -0.565. The Hall–Kier alpha value is -1.78. The van der Waals surface area contributed by atoms with Crippen LogP contribution in [0.15, 0.2) is 12.1 Å². The molecule has 0 saturated heterocycles. The van der Waals surface area contributed by atoms with Crippen LogP contribution in [0.5, 0.6) is 5.75 Å². The van der Waals surface area contributed by atoms with Gasteiger partial charge in [-0.15, -0.1) is 0 Å². The lowest BCUT2D eigenvalue weighted by atomic mass is 10.2. The van der Waals surface area contributed by atoms with Gasteiger partial charge in [-0.25, -0.2) is 9.78 Å². The third-order valence-electron chi connectivity index (χ3n) is 1.69. The van der Waals surface area contributed by atoms with Crippen molar-refractivity contribution in [2.45, 2.75) is 33.3 Å². The zero-order valence-corrected chi connectivity index (χ0v) is 9.87. The lowest BCUT2D eigenvalue weighted by Crippen LogP contribution is -2.27. The molecule has 0 aromatic carbocycles. The van der Waals surface area contributed by atoms with Gasteiger partial charge in [-0.05, 0) is 39.8 Å². The molecule has 5 nitrogen and oxygen atoms in total. The number of aryl methyl sites for hydroxylation is 1. The Morgan fingerprint density at radius 3 is 2.56 bits per heavy atom. The minimum absolute atomic E-state index is 0.0924. The molecule has 0 saturated carbocycles. The Morgan fingerprint density at radius 2 is 2.06 bits per heavy atom. The molecule has 0 radical (unpaired) electrons. The second-order valence-electron chi connectivity index (χ2n) is 4.43. The number of aromatic hydroxyl groups is 1. The maximum absolute atomic E-state index is 11.4. The van der Waals surface area contributed by atoms with E-state index in [0.29, 0.717) is 11.5 Å². The summed E-state index contributed by atoms with van der Waals surface area (Å²) in [7, 11) is 0. The first kappa shape index (κ1) is 12.3. The molecule has 0 atom stereocenters. The minimum Gasteiger partial charge on any atom is -0.506 e. The molecule has 0 bridgehead atoms. The Balaban J connectivity index is 2.67. The normalized spacial score (nSPS) is 11.0. The van der Waals surface area contributed by atoms with E-state index in [2.05, 4.69) is 10.3 Å². The molecule has 0 unspecified atom stereocenters. The van der Waals surface area contributed by atoms with E-state index in [-0.39, 0.29) is 5.75 Å². The summed E-state index contributed by atoms with van der Waals surface area (Å²) in [5, 5.41) is 11.7. The standard InChI is InChI=1S/C11H16N2O3/c1-7-8(14)5-6-9(12-7)13-10(15)16-11(2,3)4/h5-6,14H,1-4H3,(H,12,13,15). The van der Waals surface area contributed by atoms with Gasteiger partial charge in [0.25, 0.3) is 0 Å². The van der Waals surface area contributed by atoms with Crippen molar-refractivity contribution in [3.63, 3.8) is 0 Å². The van der Waals surface area contributed by atoms with Crippen LogP contribution in [0.25, 0.3) is 0 Å². The van der Waals surface area contributed by atoms with E-state index < -0.39 is 11.7 Å². The first-order chi connectivity index (χ1) is 7.28. The maximum atomic E-state index is 11.4. The summed E-state index contributed by atoms with van der Waals surface area (Å²) in [5.74, 6) is 0.444. The van der Waals surface area contributed by atoms with Crippen molar-refractivity contribution in [3.05, 3.63) is 17.8 Å². The fraction of sp³-hybridized carbons (Fsp3) is 0.455. The number of hydrogen-bond donors (Lipinski definition) is 2. The fourth-order valence-electron chi connectivity index (χ4n) is 1.03. The molecule has 16 heavy (non-hydrogen) atoms. The third kappa shape index (κ3) is 3.76. The van der Waals surface area contributed by atoms with Gasteiger partial charge in [0.15, 0.2) is 0 Å². The molecular weight excluding hydrogens is 208 g/mol. The monoisotopic (exact) mass is 224 g/mol. The van der Waals surface area contributed by atoms with Gasteiger partial charge in [-0.2, -0.15) is 0 Å². The average Bonchev–Trinajstić information content (AvgIpc) is 2.08. The molecule has 0 aliphatic carbocycles. The van der Waals surface area contributed by atoms with Gasteiger partial charge in [0.1, 0.15) is 17.2 Å². The molecule has 0 aliphatic rings. The Morgan fingerprint density at radius 1 is 1.44 bits per heavy atom. The van der Waals surface area contributed by atoms with Crippen LogP contribution in [0.2, 0.25) is 0 Å². The third-order valence-corrected chi connectivity index (χ3v) is 1.69. The van der Waals surface area contributed by atoms with Crippen LogP contribution in [0.3, 0.4) is 0 Å². The van der Waals surface area contributed by atoms with Gasteiger partial charge < -0.3 is 9.84 Å². The predicted octanol–water partition coefficient (Wildman–Crippen LogP) is 2.44. The van der Waals surface area contributed by atoms with Crippen molar-refractivity contribution in [3.8, 4) is 5.75 Å². The Bertz CT molecular complexity index is 397. The summed E-state index contributed by atoms with van der Waals surface area (Å²) in [6.07, 6.45) is -0.565. The van der Waals surface area contributed by atoms with Gasteiger partial charge in [0.2, 0.25) is 0 Å². The van der Waals surface area contributed by atoms with E-state index in [4.69, 9.17) is 4.74 Å². The number of carbonyl (C=O) groups excluding carboxylic acids is 1. The largest absolute Gasteiger partial charge is 0.506 e. The number of amides is 1. The van der Waals surface area contributed by atoms with Crippen LogP contribution in [0, 0.1) is 6.92 Å². The van der Waals surface area contributed by atoms with E-state index in [1.165, 1.54) is 12.1 Å². The molecule has 0 aliphatic heterocycles. The van der Waals surface area contributed by atoms with Crippen molar-refractivity contribution in [1.29, 1.82) is 0 Å². The van der Waals surface area contributed by atoms with Crippen molar-refractivity contribution in [2.24, 2.45) is 0 Å². The molecule has 1 rings (SSSR count). The summed E-state index contributed by atoms with van der Waals surface area (Å²) in [6, 6.07) is 2.97. The fourth-order valence-corrected chi connectivity index (χ4v) is 1.03. The van der Waals surface area contributed by atoms with Crippen LogP contribution in [0.1, 0.15) is 26.5 Å². The maximum Gasteiger partial charge on any atom is 0.413 e. The molecule has 1 amide bonds. The SMILES string of the molecule is Cc1nc(NC(=O)OC(C)(C)C)ccc1O. The van der Waals surface area contributed by atoms with Crippen LogP contribution >= 0.6 is 0 Å². The van der Waals surface area contributed by atoms with Crippen LogP contribution in [-0.4, -0.2) is 21.8 Å². The van der Waals surface area contributed by atoms with E-state index in [9.17, 15) is 9.90 Å². The van der Waals surface area contributed by atoms with E-state index in [0.717, 1.165) is 0 Å². The van der Waals surface area contributed by atoms with E-state index >= 15 is 0 Å². The van der Waals surface area contributed by atoms with Gasteiger partial charge in [-0.1, -0.05) is 0 Å². The van der Waals surface area contributed by atoms with Crippen molar-refractivity contribution in [2.75, 3.05) is 5.32 Å². The number of pyridine rings is 1. The molecule has 5 heteroatoms.